The van der Waals surface area contributed by atoms with Crippen molar-refractivity contribution in [1.29, 1.82) is 0 Å². The number of aryl methyl sites for hydroxylation is 4. The standard InChI is InChI=1S/C28H30.2ClH.Zr/c1-17(2)21-7-5-9-25-23-13-12-20-16-28-22(18(3)4)8-6-10-26(28)24(20)14-11-19(23)15-27(21)25;;;/h5-10,15-18H,11-14H2,1-4H3;2*1H;/q-2;;;+2. The summed E-state index contributed by atoms with van der Waals surface area (Å²) in [5.74, 6) is 1.16. The van der Waals surface area contributed by atoms with Gasteiger partial charge in [0.1, 0.15) is 0 Å². The molecule has 162 valence electrons. The van der Waals surface area contributed by atoms with Crippen molar-refractivity contribution in [3.8, 4) is 0 Å². The molecule has 0 aromatic heterocycles. The van der Waals surface area contributed by atoms with Crippen LogP contribution < -0.4 is 0 Å². The summed E-state index contributed by atoms with van der Waals surface area (Å²) in [6.45, 7) is 9.25. The van der Waals surface area contributed by atoms with Gasteiger partial charge in [0.2, 0.25) is 0 Å². The predicted octanol–water partition coefficient (Wildman–Crippen LogP) is 8.40. The Bertz CT molecular complexity index is 1080. The number of benzene rings is 2. The molecular weight excluding hydrogens is 498 g/mol. The van der Waals surface area contributed by atoms with E-state index in [-0.39, 0.29) is 51.0 Å². The van der Waals surface area contributed by atoms with Crippen LogP contribution in [0.1, 0.15) is 72.9 Å². The monoisotopic (exact) mass is 528 g/mol. The maximum atomic E-state index is 2.51. The quantitative estimate of drug-likeness (QED) is 0.228. The Hall–Kier alpha value is -0.877. The van der Waals surface area contributed by atoms with Crippen molar-refractivity contribution in [2.24, 2.45) is 0 Å². The number of hydrogen-bond acceptors (Lipinski definition) is 0. The van der Waals surface area contributed by atoms with Crippen LogP contribution >= 0.6 is 24.8 Å². The van der Waals surface area contributed by atoms with E-state index in [2.05, 4.69) is 76.2 Å². The van der Waals surface area contributed by atoms with Gasteiger partial charge in [-0.05, 0) is 24.7 Å². The smallest absolute Gasteiger partial charge is 0.164 e. The fourth-order valence-electron chi connectivity index (χ4n) is 5.45. The molecule has 0 amide bonds. The van der Waals surface area contributed by atoms with Crippen LogP contribution in [0.2, 0.25) is 0 Å². The minimum Gasteiger partial charge on any atom is -0.164 e. The normalized spacial score (nSPS) is 13.1. The van der Waals surface area contributed by atoms with E-state index in [1.54, 1.807) is 22.3 Å². The molecule has 0 saturated heterocycles. The average molecular weight is 531 g/mol. The van der Waals surface area contributed by atoms with Crippen LogP contribution in [0, 0.1) is 0 Å². The first-order valence-corrected chi connectivity index (χ1v) is 10.9. The molecule has 0 spiro atoms. The zero-order chi connectivity index (χ0) is 19.4. The first-order chi connectivity index (χ1) is 13.5. The molecule has 0 saturated carbocycles. The molecule has 1 aliphatic carbocycles. The van der Waals surface area contributed by atoms with Crippen LogP contribution in [-0.2, 0) is 51.9 Å². The molecule has 5 rings (SSSR count). The van der Waals surface area contributed by atoms with Gasteiger partial charge in [-0.25, -0.2) is 0 Å². The molecule has 3 heteroatoms. The minimum atomic E-state index is 0. The summed E-state index contributed by atoms with van der Waals surface area (Å²) in [4.78, 5) is 0. The number of hydrogen-bond donors (Lipinski definition) is 0. The molecule has 0 aliphatic heterocycles. The Balaban J connectivity index is 0.00000114. The second-order valence-corrected chi connectivity index (χ2v) is 9.22. The molecule has 0 heterocycles. The van der Waals surface area contributed by atoms with Crippen LogP contribution in [0.3, 0.4) is 0 Å². The van der Waals surface area contributed by atoms with Gasteiger partial charge >= 0.3 is 26.2 Å². The van der Waals surface area contributed by atoms with Crippen molar-refractivity contribution >= 4 is 46.4 Å². The summed E-state index contributed by atoms with van der Waals surface area (Å²) in [6.07, 6.45) is 4.67. The van der Waals surface area contributed by atoms with Crippen molar-refractivity contribution in [3.63, 3.8) is 0 Å². The van der Waals surface area contributed by atoms with Gasteiger partial charge in [0, 0.05) is 0 Å². The Kier molecular flexibility index (Phi) is 8.83. The Labute approximate surface area is 218 Å². The summed E-state index contributed by atoms with van der Waals surface area (Å²) < 4.78 is 0. The van der Waals surface area contributed by atoms with Crippen LogP contribution in [0.25, 0.3) is 21.5 Å². The molecule has 0 radical (unpaired) electrons. The summed E-state index contributed by atoms with van der Waals surface area (Å²) in [5.41, 5.74) is 9.40. The van der Waals surface area contributed by atoms with Gasteiger partial charge in [-0.2, -0.15) is 12.1 Å². The van der Waals surface area contributed by atoms with Crippen molar-refractivity contribution in [2.45, 2.75) is 65.2 Å². The summed E-state index contributed by atoms with van der Waals surface area (Å²) in [5, 5.41) is 6.00. The van der Waals surface area contributed by atoms with Crippen molar-refractivity contribution in [3.05, 3.63) is 81.9 Å². The van der Waals surface area contributed by atoms with Gasteiger partial charge in [0.05, 0.1) is 0 Å². The second-order valence-electron chi connectivity index (χ2n) is 9.22. The van der Waals surface area contributed by atoms with E-state index in [0.29, 0.717) is 11.8 Å². The van der Waals surface area contributed by atoms with Gasteiger partial charge in [-0.3, -0.25) is 0 Å². The number of halogens is 2. The molecule has 0 fully saturated rings. The molecular formula is C28H32Cl2Zr. The first kappa shape index (κ1) is 26.4. The molecule has 0 N–H and O–H groups in total. The van der Waals surface area contributed by atoms with Crippen LogP contribution in [0.15, 0.2) is 48.5 Å². The number of rotatable bonds is 2. The molecule has 1 aliphatic rings. The van der Waals surface area contributed by atoms with E-state index in [4.69, 9.17) is 0 Å². The summed E-state index contributed by atoms with van der Waals surface area (Å²) >= 11 is 0. The zero-order valence-electron chi connectivity index (χ0n) is 18.9. The number of fused-ring (bicyclic) bond motifs is 6. The van der Waals surface area contributed by atoms with E-state index >= 15 is 0 Å². The Morgan fingerprint density at radius 1 is 0.645 bits per heavy atom. The van der Waals surface area contributed by atoms with Crippen LogP contribution in [0.4, 0.5) is 0 Å². The minimum absolute atomic E-state index is 0. The van der Waals surface area contributed by atoms with Gasteiger partial charge in [-0.1, -0.05) is 63.8 Å². The van der Waals surface area contributed by atoms with E-state index in [9.17, 15) is 0 Å². The molecule has 0 bridgehead atoms. The van der Waals surface area contributed by atoms with Crippen molar-refractivity contribution in [2.75, 3.05) is 0 Å². The third-order valence-electron chi connectivity index (χ3n) is 6.88. The van der Waals surface area contributed by atoms with E-state index < -0.39 is 0 Å². The topological polar surface area (TPSA) is 0 Å². The maximum Gasteiger partial charge on any atom is 2.00 e. The van der Waals surface area contributed by atoms with Crippen LogP contribution in [0.5, 0.6) is 0 Å². The first-order valence-electron chi connectivity index (χ1n) is 10.9. The van der Waals surface area contributed by atoms with Crippen molar-refractivity contribution in [1.82, 2.24) is 0 Å². The largest absolute Gasteiger partial charge is 2.00 e. The fraction of sp³-hybridized carbons (Fsp3) is 0.357. The summed E-state index contributed by atoms with van der Waals surface area (Å²) in [6, 6.07) is 18.9. The maximum absolute atomic E-state index is 2.51. The molecule has 4 aromatic rings. The third-order valence-corrected chi connectivity index (χ3v) is 6.88. The van der Waals surface area contributed by atoms with Crippen molar-refractivity contribution < 1.29 is 26.2 Å². The third kappa shape index (κ3) is 4.48. The molecule has 31 heavy (non-hydrogen) atoms. The fourth-order valence-corrected chi connectivity index (χ4v) is 5.45. The predicted molar refractivity (Wildman–Crippen MR) is 137 cm³/mol. The molecule has 0 atom stereocenters. The van der Waals surface area contributed by atoms with E-state index in [0.717, 1.165) is 0 Å². The molecule has 0 unspecified atom stereocenters. The van der Waals surface area contributed by atoms with E-state index in [1.165, 1.54) is 58.4 Å². The van der Waals surface area contributed by atoms with E-state index in [1.807, 2.05) is 0 Å². The summed E-state index contributed by atoms with van der Waals surface area (Å²) in [7, 11) is 0. The second kappa shape index (κ2) is 10.4. The SMILES string of the molecule is CC(C)c1cccc2c1cc1[c-]2CCc2cc3c(C(C)C)cccc3[c-]2CC1.Cl.Cl.[Zr+2]. The average Bonchev–Trinajstić information content (AvgIpc) is 3.18. The Morgan fingerprint density at radius 3 is 1.39 bits per heavy atom. The van der Waals surface area contributed by atoms with Crippen LogP contribution in [-0.4, -0.2) is 0 Å². The molecule has 0 nitrogen and oxygen atoms in total. The van der Waals surface area contributed by atoms with Gasteiger partial charge in [0.15, 0.2) is 0 Å². The zero-order valence-corrected chi connectivity index (χ0v) is 23.0. The van der Waals surface area contributed by atoms with Gasteiger partial charge < -0.3 is 0 Å². The van der Waals surface area contributed by atoms with Gasteiger partial charge in [0.25, 0.3) is 0 Å². The Morgan fingerprint density at radius 2 is 1.03 bits per heavy atom. The molecule has 4 aromatic carbocycles. The van der Waals surface area contributed by atoms with Gasteiger partial charge in [-0.15, -0.1) is 92.9 Å².